The number of aromatic nitrogens is 2. The van der Waals surface area contributed by atoms with E-state index in [1.165, 1.54) is 15.1 Å². The summed E-state index contributed by atoms with van der Waals surface area (Å²) in [5.74, 6) is -0.772. The first-order valence-corrected chi connectivity index (χ1v) is 9.25. The van der Waals surface area contributed by atoms with Crippen molar-refractivity contribution in [2.45, 2.75) is 34.9 Å². The van der Waals surface area contributed by atoms with Crippen LogP contribution in [-0.4, -0.2) is 50.0 Å². The lowest BCUT2D eigenvalue weighted by Gasteiger charge is -2.39. The molecule has 0 radical (unpaired) electrons. The van der Waals surface area contributed by atoms with Gasteiger partial charge in [-0.3, -0.25) is 9.48 Å². The number of likely N-dealkylation sites (tertiary alicyclic amines) is 1. The van der Waals surface area contributed by atoms with E-state index >= 15 is 0 Å². The van der Waals surface area contributed by atoms with Crippen molar-refractivity contribution >= 4 is 23.6 Å². The Morgan fingerprint density at radius 2 is 1.96 bits per heavy atom. The highest BCUT2D eigenvalue weighted by Gasteiger charge is 2.45. The number of benzene rings is 1. The van der Waals surface area contributed by atoms with Crippen LogP contribution in [-0.2, 0) is 21.5 Å². The fraction of sp³-hybridized carbons (Fsp3) is 0.389. The maximum absolute atomic E-state index is 12.9. The molecule has 1 aromatic carbocycles. The van der Waals surface area contributed by atoms with Gasteiger partial charge in [0.15, 0.2) is 5.54 Å². The van der Waals surface area contributed by atoms with Crippen LogP contribution in [0.4, 0.5) is 0 Å². The molecule has 1 N–H and O–H groups in total. The highest BCUT2D eigenvalue weighted by atomic mass is 32.2. The normalized spacial score (nSPS) is 21.8. The van der Waals surface area contributed by atoms with Gasteiger partial charge in [-0.2, -0.15) is 5.10 Å². The van der Waals surface area contributed by atoms with Crippen molar-refractivity contribution in [3.63, 3.8) is 0 Å². The number of carbonyl (C=O) groups is 2. The molecule has 2 aromatic rings. The predicted octanol–water partition coefficient (Wildman–Crippen LogP) is 2.00. The number of piperidine rings is 1. The average molecular weight is 357 g/mol. The number of thioether (sulfide) groups is 1. The van der Waals surface area contributed by atoms with Crippen molar-refractivity contribution in [1.82, 2.24) is 14.7 Å². The lowest BCUT2D eigenvalue weighted by atomic mass is 9.87. The van der Waals surface area contributed by atoms with Crippen LogP contribution in [0.3, 0.4) is 0 Å². The van der Waals surface area contributed by atoms with Crippen molar-refractivity contribution < 1.29 is 14.7 Å². The number of rotatable bonds is 3. The molecule has 25 heavy (non-hydrogen) atoms. The van der Waals surface area contributed by atoms with Gasteiger partial charge in [-0.25, -0.2) is 4.79 Å². The van der Waals surface area contributed by atoms with E-state index in [-0.39, 0.29) is 11.2 Å². The quantitative estimate of drug-likeness (QED) is 0.909. The van der Waals surface area contributed by atoms with E-state index in [9.17, 15) is 14.7 Å². The van der Waals surface area contributed by atoms with Crippen molar-refractivity contribution in [1.29, 1.82) is 0 Å². The molecular formula is C18H19N3O3S. The Kier molecular flexibility index (Phi) is 4.03. The van der Waals surface area contributed by atoms with Crippen LogP contribution in [0, 0.1) is 0 Å². The van der Waals surface area contributed by atoms with E-state index in [1.807, 2.05) is 17.0 Å². The lowest BCUT2D eigenvalue weighted by molar-refractivity contribution is -0.153. The number of carbonyl (C=O) groups excluding carboxylic acids is 1. The van der Waals surface area contributed by atoms with Crippen LogP contribution in [0.15, 0.2) is 47.6 Å². The molecule has 130 valence electrons. The summed E-state index contributed by atoms with van der Waals surface area (Å²) < 4.78 is 1.53. The standard InChI is InChI=1S/C18H19N3O3S/c22-16(15-12-13-4-1-2-5-14(13)25-15)20-10-6-18(7-11-20,17(23)24)21-9-3-8-19-21/h1-5,8-9,15H,6-7,10-12H2,(H,23,24)/t15-/m1/s1. The Hall–Kier alpha value is -2.28. The highest BCUT2D eigenvalue weighted by molar-refractivity contribution is 8.01. The second-order valence-corrected chi connectivity index (χ2v) is 7.78. The van der Waals surface area contributed by atoms with E-state index in [0.717, 1.165) is 6.42 Å². The van der Waals surface area contributed by atoms with E-state index in [4.69, 9.17) is 0 Å². The Morgan fingerprint density at radius 3 is 2.60 bits per heavy atom. The summed E-state index contributed by atoms with van der Waals surface area (Å²) in [6, 6.07) is 9.84. The molecule has 2 aliphatic rings. The Bertz CT molecular complexity index is 773. The van der Waals surface area contributed by atoms with E-state index in [2.05, 4.69) is 17.2 Å². The van der Waals surface area contributed by atoms with Crippen molar-refractivity contribution in [2.75, 3.05) is 13.1 Å². The molecule has 1 fully saturated rings. The topological polar surface area (TPSA) is 75.4 Å². The second-order valence-electron chi connectivity index (χ2n) is 6.53. The van der Waals surface area contributed by atoms with Crippen LogP contribution in [0.2, 0.25) is 0 Å². The molecule has 0 bridgehead atoms. The summed E-state index contributed by atoms with van der Waals surface area (Å²) in [4.78, 5) is 27.7. The minimum absolute atomic E-state index is 0.0977. The maximum Gasteiger partial charge on any atom is 0.331 e. The molecule has 7 heteroatoms. The summed E-state index contributed by atoms with van der Waals surface area (Å²) in [5.41, 5.74) is 0.172. The first kappa shape index (κ1) is 16.2. The summed E-state index contributed by atoms with van der Waals surface area (Å²) in [7, 11) is 0. The molecule has 0 spiro atoms. The Balaban J connectivity index is 1.45. The molecular weight excluding hydrogens is 338 g/mol. The molecule has 2 aliphatic heterocycles. The van der Waals surface area contributed by atoms with Crippen LogP contribution in [0.25, 0.3) is 0 Å². The van der Waals surface area contributed by atoms with Crippen LogP contribution < -0.4 is 0 Å². The average Bonchev–Trinajstić information content (AvgIpc) is 3.30. The van der Waals surface area contributed by atoms with E-state index in [1.54, 1.807) is 30.2 Å². The van der Waals surface area contributed by atoms with Crippen LogP contribution in [0.1, 0.15) is 18.4 Å². The molecule has 1 saturated heterocycles. The molecule has 1 amide bonds. The number of hydrogen-bond acceptors (Lipinski definition) is 4. The maximum atomic E-state index is 12.9. The Morgan fingerprint density at radius 1 is 1.20 bits per heavy atom. The van der Waals surface area contributed by atoms with Gasteiger partial charge in [0.1, 0.15) is 0 Å². The number of aliphatic carboxylic acids is 1. The predicted molar refractivity (Wildman–Crippen MR) is 93.4 cm³/mol. The van der Waals surface area contributed by atoms with Crippen LogP contribution >= 0.6 is 11.8 Å². The number of carboxylic acid groups (broad SMARTS) is 1. The smallest absolute Gasteiger partial charge is 0.331 e. The van der Waals surface area contributed by atoms with Gasteiger partial charge in [0.05, 0.1) is 5.25 Å². The van der Waals surface area contributed by atoms with Crippen molar-refractivity contribution in [2.24, 2.45) is 0 Å². The molecule has 0 unspecified atom stereocenters. The van der Waals surface area contributed by atoms with Gasteiger partial charge < -0.3 is 10.0 Å². The second kappa shape index (κ2) is 6.22. The lowest BCUT2D eigenvalue weighted by Crippen LogP contribution is -2.53. The minimum atomic E-state index is -1.05. The molecule has 3 heterocycles. The van der Waals surface area contributed by atoms with Gasteiger partial charge in [0.2, 0.25) is 5.91 Å². The Labute approximate surface area is 149 Å². The zero-order valence-corrected chi connectivity index (χ0v) is 14.5. The van der Waals surface area contributed by atoms with E-state index < -0.39 is 11.5 Å². The molecule has 6 nitrogen and oxygen atoms in total. The van der Waals surface area contributed by atoms with Crippen LogP contribution in [0.5, 0.6) is 0 Å². The molecule has 0 saturated carbocycles. The highest BCUT2D eigenvalue weighted by Crippen LogP contribution is 2.38. The molecule has 0 aliphatic carbocycles. The number of amides is 1. The van der Waals surface area contributed by atoms with Gasteiger partial charge in [0, 0.05) is 43.2 Å². The molecule has 4 rings (SSSR count). The summed E-state index contributed by atoms with van der Waals surface area (Å²) in [6.07, 6.45) is 4.78. The van der Waals surface area contributed by atoms with Gasteiger partial charge in [-0.15, -0.1) is 11.8 Å². The summed E-state index contributed by atoms with van der Waals surface area (Å²) in [5, 5.41) is 13.8. The fourth-order valence-electron chi connectivity index (χ4n) is 3.68. The largest absolute Gasteiger partial charge is 0.479 e. The number of nitrogens with zero attached hydrogens (tertiary/aromatic N) is 3. The fourth-order valence-corrected chi connectivity index (χ4v) is 4.96. The van der Waals surface area contributed by atoms with Crippen molar-refractivity contribution in [3.05, 3.63) is 48.3 Å². The molecule has 1 aromatic heterocycles. The summed E-state index contributed by atoms with van der Waals surface area (Å²) >= 11 is 1.62. The third-order valence-corrected chi connectivity index (χ3v) is 6.47. The monoisotopic (exact) mass is 357 g/mol. The van der Waals surface area contributed by atoms with Gasteiger partial charge >= 0.3 is 5.97 Å². The summed E-state index contributed by atoms with van der Waals surface area (Å²) in [6.45, 7) is 0.886. The van der Waals surface area contributed by atoms with Crippen molar-refractivity contribution in [3.8, 4) is 0 Å². The minimum Gasteiger partial charge on any atom is -0.479 e. The number of hydrogen-bond donors (Lipinski definition) is 1. The van der Waals surface area contributed by atoms with Gasteiger partial charge in [-0.1, -0.05) is 18.2 Å². The van der Waals surface area contributed by atoms with Gasteiger partial charge in [-0.05, 0) is 24.1 Å². The third kappa shape index (κ3) is 2.72. The third-order valence-electron chi connectivity index (χ3n) is 5.17. The van der Waals surface area contributed by atoms with E-state index in [0.29, 0.717) is 25.9 Å². The number of carboxylic acids is 1. The first-order valence-electron chi connectivity index (χ1n) is 8.37. The number of fused-ring (bicyclic) bond motifs is 1. The SMILES string of the molecule is O=C([C@H]1Cc2ccccc2S1)N1CCC(C(=O)O)(n2cccn2)CC1. The zero-order valence-electron chi connectivity index (χ0n) is 13.7. The molecule has 1 atom stereocenters. The van der Waals surface area contributed by atoms with Gasteiger partial charge in [0.25, 0.3) is 0 Å². The first-order chi connectivity index (χ1) is 12.1. The zero-order chi connectivity index (χ0) is 17.4.